The molecule has 0 aliphatic heterocycles. The normalized spacial score (nSPS) is 11.6. The summed E-state index contributed by atoms with van der Waals surface area (Å²) in [6, 6.07) is 10.9. The van der Waals surface area contributed by atoms with E-state index in [0.29, 0.717) is 22.7 Å². The lowest BCUT2D eigenvalue weighted by molar-refractivity contribution is -0.143. The monoisotopic (exact) mass is 398 g/mol. The lowest BCUT2D eigenvalue weighted by atomic mass is 10.1. The summed E-state index contributed by atoms with van der Waals surface area (Å²) in [5.74, 6) is -0.171. The first-order valence-corrected chi connectivity index (χ1v) is 9.74. The number of nitrogens with zero attached hydrogens (tertiary/aromatic N) is 2. The van der Waals surface area contributed by atoms with Crippen molar-refractivity contribution >= 4 is 33.4 Å². The van der Waals surface area contributed by atoms with Gasteiger partial charge in [0.1, 0.15) is 12.3 Å². The molecule has 6 nitrogen and oxygen atoms in total. The Kier molecular flexibility index (Phi) is 5.94. The molecule has 2 aromatic carbocycles. The number of aromatic nitrogens is 1. The molecule has 0 bridgehead atoms. The van der Waals surface area contributed by atoms with Gasteiger partial charge in [0.2, 0.25) is 0 Å². The highest BCUT2D eigenvalue weighted by Gasteiger charge is 2.14. The number of esters is 1. The Morgan fingerprint density at radius 2 is 1.89 bits per heavy atom. The zero-order valence-corrected chi connectivity index (χ0v) is 17.1. The van der Waals surface area contributed by atoms with Gasteiger partial charge in [-0.2, -0.15) is 4.99 Å². The van der Waals surface area contributed by atoms with E-state index in [1.807, 2.05) is 26.0 Å². The number of carbonyl (C=O) groups is 2. The molecule has 7 heteroatoms. The Balaban J connectivity index is 2.13. The first-order chi connectivity index (χ1) is 13.4. The minimum atomic E-state index is -0.392. The van der Waals surface area contributed by atoms with E-state index in [0.717, 1.165) is 21.3 Å². The van der Waals surface area contributed by atoms with Crippen LogP contribution in [0.1, 0.15) is 28.4 Å². The number of aryl methyl sites for hydroxylation is 2. The van der Waals surface area contributed by atoms with Crippen molar-refractivity contribution < 1.29 is 19.1 Å². The summed E-state index contributed by atoms with van der Waals surface area (Å²) in [6.45, 7) is 6.11. The van der Waals surface area contributed by atoms with Gasteiger partial charge in [0.15, 0.2) is 4.80 Å². The van der Waals surface area contributed by atoms with E-state index in [-0.39, 0.29) is 12.5 Å². The van der Waals surface area contributed by atoms with E-state index in [2.05, 4.69) is 4.99 Å². The van der Waals surface area contributed by atoms with Crippen molar-refractivity contribution in [2.24, 2.45) is 4.99 Å². The topological polar surface area (TPSA) is 69.9 Å². The third-order valence-corrected chi connectivity index (χ3v) is 5.45. The zero-order valence-electron chi connectivity index (χ0n) is 16.3. The second-order valence-electron chi connectivity index (χ2n) is 6.33. The molecule has 146 valence electrons. The van der Waals surface area contributed by atoms with Gasteiger partial charge < -0.3 is 14.0 Å². The molecule has 0 radical (unpaired) electrons. The highest BCUT2D eigenvalue weighted by atomic mass is 32.1. The van der Waals surface area contributed by atoms with Crippen LogP contribution >= 0.6 is 11.3 Å². The number of ether oxygens (including phenoxy) is 2. The smallest absolute Gasteiger partial charge is 0.326 e. The average Bonchev–Trinajstić information content (AvgIpc) is 2.98. The summed E-state index contributed by atoms with van der Waals surface area (Å²) in [4.78, 5) is 29.6. The van der Waals surface area contributed by atoms with Crippen LogP contribution < -0.4 is 9.54 Å². The van der Waals surface area contributed by atoms with Crippen molar-refractivity contribution in [1.29, 1.82) is 0 Å². The van der Waals surface area contributed by atoms with E-state index in [1.54, 1.807) is 42.9 Å². The second-order valence-corrected chi connectivity index (χ2v) is 7.34. The number of methoxy groups -OCH3 is 1. The van der Waals surface area contributed by atoms with Gasteiger partial charge in [0.25, 0.3) is 5.91 Å². The van der Waals surface area contributed by atoms with Gasteiger partial charge in [-0.3, -0.25) is 9.59 Å². The van der Waals surface area contributed by atoms with Crippen LogP contribution in [0.2, 0.25) is 0 Å². The summed E-state index contributed by atoms with van der Waals surface area (Å²) < 4.78 is 13.0. The predicted octanol–water partition coefficient (Wildman–Crippen LogP) is 3.63. The molecule has 0 fully saturated rings. The molecular weight excluding hydrogens is 376 g/mol. The third kappa shape index (κ3) is 4.14. The van der Waals surface area contributed by atoms with Crippen molar-refractivity contribution in [3.63, 3.8) is 0 Å². The van der Waals surface area contributed by atoms with Crippen molar-refractivity contribution in [3.8, 4) is 5.75 Å². The van der Waals surface area contributed by atoms with Crippen LogP contribution in [0.4, 0.5) is 0 Å². The number of amides is 1. The third-order valence-electron chi connectivity index (χ3n) is 4.40. The minimum absolute atomic E-state index is 0.000561. The number of fused-ring (bicyclic) bond motifs is 1. The molecule has 0 saturated heterocycles. The Morgan fingerprint density at radius 3 is 2.61 bits per heavy atom. The highest BCUT2D eigenvalue weighted by molar-refractivity contribution is 7.16. The van der Waals surface area contributed by atoms with Crippen LogP contribution in [0.3, 0.4) is 0 Å². The molecule has 28 heavy (non-hydrogen) atoms. The lowest BCUT2D eigenvalue weighted by Gasteiger charge is -2.06. The van der Waals surface area contributed by atoms with Crippen molar-refractivity contribution in [3.05, 3.63) is 57.9 Å². The molecule has 0 N–H and O–H groups in total. The van der Waals surface area contributed by atoms with E-state index in [9.17, 15) is 9.59 Å². The summed E-state index contributed by atoms with van der Waals surface area (Å²) in [5.41, 5.74) is 3.53. The summed E-state index contributed by atoms with van der Waals surface area (Å²) in [5, 5.41) is 0. The first-order valence-electron chi connectivity index (χ1n) is 8.92. The Hall–Kier alpha value is -2.93. The summed E-state index contributed by atoms with van der Waals surface area (Å²) >= 11 is 1.38. The fraction of sp³-hybridized carbons (Fsp3) is 0.286. The Labute approximate surface area is 167 Å². The maximum Gasteiger partial charge on any atom is 0.326 e. The molecule has 0 saturated carbocycles. The van der Waals surface area contributed by atoms with Crippen molar-refractivity contribution in [1.82, 2.24) is 4.57 Å². The van der Waals surface area contributed by atoms with Gasteiger partial charge in [-0.1, -0.05) is 17.4 Å². The highest BCUT2D eigenvalue weighted by Crippen LogP contribution is 2.22. The zero-order chi connectivity index (χ0) is 20.3. The number of thiazole rings is 1. The number of benzene rings is 2. The van der Waals surface area contributed by atoms with Crippen molar-refractivity contribution in [2.75, 3.05) is 13.7 Å². The molecule has 3 rings (SSSR count). The van der Waals surface area contributed by atoms with Crippen LogP contribution in [0.5, 0.6) is 5.75 Å². The average molecular weight is 398 g/mol. The molecule has 0 aliphatic carbocycles. The van der Waals surface area contributed by atoms with E-state index in [1.165, 1.54) is 11.3 Å². The number of hydrogen-bond acceptors (Lipinski definition) is 5. The maximum atomic E-state index is 12.7. The van der Waals surface area contributed by atoms with Crippen LogP contribution in [-0.4, -0.2) is 30.2 Å². The number of carbonyl (C=O) groups excluding carboxylic acids is 2. The van der Waals surface area contributed by atoms with Crippen LogP contribution in [0.15, 0.2) is 41.4 Å². The predicted molar refractivity (Wildman–Crippen MR) is 109 cm³/mol. The molecule has 0 aliphatic rings. The van der Waals surface area contributed by atoms with Gasteiger partial charge in [0, 0.05) is 5.56 Å². The van der Waals surface area contributed by atoms with Gasteiger partial charge in [-0.25, -0.2) is 0 Å². The Morgan fingerprint density at radius 1 is 1.14 bits per heavy atom. The SMILES string of the molecule is CCOC(=O)Cn1c(=NC(=O)c2cccc(OC)c2)sc2cc(C)c(C)cc21. The molecule has 1 aromatic heterocycles. The fourth-order valence-corrected chi connectivity index (χ4v) is 3.91. The molecule has 0 atom stereocenters. The van der Waals surface area contributed by atoms with Crippen LogP contribution in [-0.2, 0) is 16.1 Å². The fourth-order valence-electron chi connectivity index (χ4n) is 2.80. The molecular formula is C21H22N2O4S. The van der Waals surface area contributed by atoms with Gasteiger partial charge in [0.05, 0.1) is 23.9 Å². The Bertz CT molecular complexity index is 1110. The lowest BCUT2D eigenvalue weighted by Crippen LogP contribution is -2.23. The standard InChI is InChI=1S/C21H22N2O4S/c1-5-27-19(24)12-23-17-9-13(2)14(3)10-18(17)28-21(23)22-20(25)15-7-6-8-16(11-15)26-4/h6-11H,5,12H2,1-4H3. The van der Waals surface area contributed by atoms with Gasteiger partial charge in [-0.05, 0) is 62.2 Å². The van der Waals surface area contributed by atoms with Crippen molar-refractivity contribution in [2.45, 2.75) is 27.3 Å². The maximum absolute atomic E-state index is 12.7. The number of rotatable bonds is 5. The molecule has 0 spiro atoms. The van der Waals surface area contributed by atoms with Crippen LogP contribution in [0.25, 0.3) is 10.2 Å². The van der Waals surface area contributed by atoms with E-state index < -0.39 is 5.91 Å². The first kappa shape index (κ1) is 19.8. The number of hydrogen-bond donors (Lipinski definition) is 0. The largest absolute Gasteiger partial charge is 0.497 e. The van der Waals surface area contributed by atoms with E-state index in [4.69, 9.17) is 9.47 Å². The second kappa shape index (κ2) is 8.39. The summed E-state index contributed by atoms with van der Waals surface area (Å²) in [7, 11) is 1.55. The van der Waals surface area contributed by atoms with Gasteiger partial charge in [-0.15, -0.1) is 0 Å². The quantitative estimate of drug-likeness (QED) is 0.616. The molecule has 0 unspecified atom stereocenters. The molecule has 3 aromatic rings. The van der Waals surface area contributed by atoms with Crippen LogP contribution in [0, 0.1) is 13.8 Å². The minimum Gasteiger partial charge on any atom is -0.497 e. The van der Waals surface area contributed by atoms with E-state index >= 15 is 0 Å². The summed E-state index contributed by atoms with van der Waals surface area (Å²) in [6.07, 6.45) is 0. The molecule has 1 heterocycles. The molecule has 1 amide bonds. The van der Waals surface area contributed by atoms with Gasteiger partial charge >= 0.3 is 5.97 Å².